The van der Waals surface area contributed by atoms with Gasteiger partial charge in [-0.25, -0.2) is 4.79 Å². The number of aryl methyl sites for hydroxylation is 2. The molecule has 2 aromatic carbocycles. The van der Waals surface area contributed by atoms with Gasteiger partial charge in [0.1, 0.15) is 6.61 Å². The lowest BCUT2D eigenvalue weighted by molar-refractivity contribution is 0.134. The van der Waals surface area contributed by atoms with Gasteiger partial charge in [0.05, 0.1) is 0 Å². The normalized spacial score (nSPS) is 17.2. The molecule has 1 N–H and O–H groups in total. The van der Waals surface area contributed by atoms with Gasteiger partial charge in [0.15, 0.2) is 0 Å². The summed E-state index contributed by atoms with van der Waals surface area (Å²) in [6.07, 6.45) is 1.72. The van der Waals surface area contributed by atoms with E-state index in [4.69, 9.17) is 4.74 Å². The van der Waals surface area contributed by atoms with Crippen molar-refractivity contribution in [2.24, 2.45) is 0 Å². The highest BCUT2D eigenvalue weighted by Crippen LogP contribution is 2.22. The van der Waals surface area contributed by atoms with Crippen LogP contribution in [-0.2, 0) is 11.3 Å². The molecule has 1 amide bonds. The molecule has 1 aliphatic rings. The summed E-state index contributed by atoms with van der Waals surface area (Å²) in [5.41, 5.74) is 4.83. The minimum atomic E-state index is -0.337. The Morgan fingerprint density at radius 3 is 2.72 bits per heavy atom. The Kier molecular flexibility index (Phi) is 5.59. The van der Waals surface area contributed by atoms with Crippen LogP contribution < -0.4 is 10.2 Å². The first-order valence-electron chi connectivity index (χ1n) is 8.91. The van der Waals surface area contributed by atoms with Crippen molar-refractivity contribution in [1.82, 2.24) is 5.32 Å². The number of anilines is 1. The summed E-state index contributed by atoms with van der Waals surface area (Å²) < 4.78 is 5.34. The number of carbonyl (C=O) groups is 1. The van der Waals surface area contributed by atoms with Crippen LogP contribution in [0.1, 0.15) is 29.5 Å². The molecule has 0 bridgehead atoms. The second-order valence-corrected chi connectivity index (χ2v) is 6.76. The first kappa shape index (κ1) is 17.3. The lowest BCUT2D eigenvalue weighted by Gasteiger charge is -2.34. The van der Waals surface area contributed by atoms with E-state index in [-0.39, 0.29) is 12.1 Å². The molecule has 0 aromatic heterocycles. The van der Waals surface area contributed by atoms with Crippen LogP contribution >= 0.6 is 0 Å². The highest BCUT2D eigenvalue weighted by Gasteiger charge is 2.22. The molecule has 1 atom stereocenters. The highest BCUT2D eigenvalue weighted by molar-refractivity contribution is 5.67. The average molecular weight is 338 g/mol. The number of amides is 1. The van der Waals surface area contributed by atoms with E-state index < -0.39 is 0 Å². The van der Waals surface area contributed by atoms with E-state index in [0.717, 1.165) is 31.5 Å². The summed E-state index contributed by atoms with van der Waals surface area (Å²) in [4.78, 5) is 14.4. The van der Waals surface area contributed by atoms with Gasteiger partial charge >= 0.3 is 6.09 Å². The Morgan fingerprint density at radius 1 is 1.16 bits per heavy atom. The van der Waals surface area contributed by atoms with Gasteiger partial charge in [-0.1, -0.05) is 36.4 Å². The zero-order chi connectivity index (χ0) is 17.6. The molecule has 132 valence electrons. The van der Waals surface area contributed by atoms with Crippen LogP contribution in [0.15, 0.2) is 48.5 Å². The molecule has 0 radical (unpaired) electrons. The van der Waals surface area contributed by atoms with Crippen molar-refractivity contribution in [2.75, 3.05) is 18.0 Å². The number of nitrogens with one attached hydrogen (secondary N) is 1. The minimum Gasteiger partial charge on any atom is -0.445 e. The van der Waals surface area contributed by atoms with E-state index in [0.29, 0.717) is 6.61 Å². The van der Waals surface area contributed by atoms with Crippen LogP contribution in [0, 0.1) is 13.8 Å². The van der Waals surface area contributed by atoms with Crippen molar-refractivity contribution in [3.63, 3.8) is 0 Å². The minimum absolute atomic E-state index is 0.124. The second kappa shape index (κ2) is 8.06. The molecule has 0 spiro atoms. The number of piperidine rings is 1. The number of carbonyl (C=O) groups excluding carboxylic acids is 1. The van der Waals surface area contributed by atoms with E-state index in [1.807, 2.05) is 30.3 Å². The summed E-state index contributed by atoms with van der Waals surface area (Å²) >= 11 is 0. The van der Waals surface area contributed by atoms with Crippen LogP contribution in [0.3, 0.4) is 0 Å². The van der Waals surface area contributed by atoms with Crippen LogP contribution in [0.2, 0.25) is 0 Å². The third kappa shape index (κ3) is 4.75. The van der Waals surface area contributed by atoms with Crippen LogP contribution in [0.4, 0.5) is 10.5 Å². The second-order valence-electron chi connectivity index (χ2n) is 6.76. The summed E-state index contributed by atoms with van der Waals surface area (Å²) in [7, 11) is 0. The number of hydrogen-bond acceptors (Lipinski definition) is 3. The van der Waals surface area contributed by atoms with Gasteiger partial charge in [0, 0.05) is 24.8 Å². The predicted octanol–water partition coefficient (Wildman–Crippen LogP) is 4.20. The number of nitrogens with zero attached hydrogens (tertiary/aromatic N) is 1. The monoisotopic (exact) mass is 338 g/mol. The Balaban J connectivity index is 1.52. The van der Waals surface area contributed by atoms with Crippen LogP contribution in [0.5, 0.6) is 0 Å². The third-order valence-corrected chi connectivity index (χ3v) is 4.81. The van der Waals surface area contributed by atoms with Gasteiger partial charge in [-0.15, -0.1) is 0 Å². The van der Waals surface area contributed by atoms with Crippen molar-refractivity contribution in [3.05, 3.63) is 65.2 Å². The fourth-order valence-corrected chi connectivity index (χ4v) is 3.18. The van der Waals surface area contributed by atoms with Gasteiger partial charge < -0.3 is 15.0 Å². The van der Waals surface area contributed by atoms with Crippen molar-refractivity contribution in [2.45, 2.75) is 39.3 Å². The highest BCUT2D eigenvalue weighted by atomic mass is 16.5. The van der Waals surface area contributed by atoms with Crippen LogP contribution in [-0.4, -0.2) is 25.2 Å². The lowest BCUT2D eigenvalue weighted by Crippen LogP contribution is -2.48. The predicted molar refractivity (Wildman–Crippen MR) is 101 cm³/mol. The van der Waals surface area contributed by atoms with Gasteiger partial charge in [-0.2, -0.15) is 0 Å². The van der Waals surface area contributed by atoms with E-state index in [9.17, 15) is 4.79 Å². The summed E-state index contributed by atoms with van der Waals surface area (Å²) in [5, 5.41) is 3.01. The topological polar surface area (TPSA) is 41.6 Å². The zero-order valence-electron chi connectivity index (χ0n) is 15.0. The zero-order valence-corrected chi connectivity index (χ0v) is 15.0. The molecule has 4 heteroatoms. The molecule has 1 heterocycles. The van der Waals surface area contributed by atoms with Crippen LogP contribution in [0.25, 0.3) is 0 Å². The Labute approximate surface area is 149 Å². The standard InChI is InChI=1S/C21H26N2O2/c1-16-10-11-20(13-17(16)2)23-12-6-9-19(14-23)22-21(24)25-15-18-7-4-3-5-8-18/h3-5,7-8,10-11,13,19H,6,9,12,14-15H2,1-2H3,(H,22,24). The maximum absolute atomic E-state index is 12.1. The Hall–Kier alpha value is -2.49. The molecular formula is C21H26N2O2. The fourth-order valence-electron chi connectivity index (χ4n) is 3.18. The molecule has 4 nitrogen and oxygen atoms in total. The average Bonchev–Trinajstić information content (AvgIpc) is 2.63. The summed E-state index contributed by atoms with van der Waals surface area (Å²) in [5.74, 6) is 0. The molecule has 0 aliphatic carbocycles. The van der Waals surface area contributed by atoms with E-state index in [1.54, 1.807) is 0 Å². The molecule has 1 saturated heterocycles. The maximum Gasteiger partial charge on any atom is 0.407 e. The lowest BCUT2D eigenvalue weighted by atomic mass is 10.0. The first-order valence-corrected chi connectivity index (χ1v) is 8.91. The number of alkyl carbamates (subject to hydrolysis) is 1. The number of rotatable bonds is 4. The van der Waals surface area contributed by atoms with Gasteiger partial charge in [-0.05, 0) is 55.5 Å². The quantitative estimate of drug-likeness (QED) is 0.908. The molecule has 1 unspecified atom stereocenters. The summed E-state index contributed by atoms with van der Waals surface area (Å²) in [6.45, 7) is 6.42. The molecule has 25 heavy (non-hydrogen) atoms. The number of benzene rings is 2. The smallest absolute Gasteiger partial charge is 0.407 e. The first-order chi connectivity index (χ1) is 12.1. The van der Waals surface area contributed by atoms with Gasteiger partial charge in [0.2, 0.25) is 0 Å². The van der Waals surface area contributed by atoms with Crippen molar-refractivity contribution in [3.8, 4) is 0 Å². The maximum atomic E-state index is 12.1. The summed E-state index contributed by atoms with van der Waals surface area (Å²) in [6, 6.07) is 16.4. The van der Waals surface area contributed by atoms with Gasteiger partial charge in [0.25, 0.3) is 0 Å². The Bertz CT molecular complexity index is 715. The molecule has 2 aromatic rings. The molecule has 3 rings (SSSR count). The molecule has 0 saturated carbocycles. The van der Waals surface area contributed by atoms with Crippen molar-refractivity contribution < 1.29 is 9.53 Å². The SMILES string of the molecule is Cc1ccc(N2CCCC(NC(=O)OCc3ccccc3)C2)cc1C. The molecule has 1 aliphatic heterocycles. The van der Waals surface area contributed by atoms with E-state index >= 15 is 0 Å². The van der Waals surface area contributed by atoms with Gasteiger partial charge in [-0.3, -0.25) is 0 Å². The van der Waals surface area contributed by atoms with Crippen molar-refractivity contribution >= 4 is 11.8 Å². The van der Waals surface area contributed by atoms with E-state index in [1.165, 1.54) is 16.8 Å². The number of ether oxygens (including phenoxy) is 1. The largest absolute Gasteiger partial charge is 0.445 e. The molecule has 1 fully saturated rings. The Morgan fingerprint density at radius 2 is 1.96 bits per heavy atom. The van der Waals surface area contributed by atoms with Crippen molar-refractivity contribution in [1.29, 1.82) is 0 Å². The molecular weight excluding hydrogens is 312 g/mol. The number of hydrogen-bond donors (Lipinski definition) is 1. The van der Waals surface area contributed by atoms with E-state index in [2.05, 4.69) is 42.3 Å². The third-order valence-electron chi connectivity index (χ3n) is 4.81. The fraction of sp³-hybridized carbons (Fsp3) is 0.381.